The summed E-state index contributed by atoms with van der Waals surface area (Å²) in [5, 5.41) is 0. The van der Waals surface area contributed by atoms with Gasteiger partial charge in [0.15, 0.2) is 5.78 Å². The molecular weight excluding hydrogens is 193 g/mol. The van der Waals surface area contributed by atoms with Crippen molar-refractivity contribution in [1.29, 1.82) is 0 Å². The largest absolute Gasteiger partial charge is 0.315 e. The van der Waals surface area contributed by atoms with Crippen molar-refractivity contribution in [2.75, 3.05) is 0 Å². The van der Waals surface area contributed by atoms with E-state index < -0.39 is 5.54 Å². The molecule has 0 saturated heterocycles. The van der Waals surface area contributed by atoms with Gasteiger partial charge >= 0.3 is 0 Å². The van der Waals surface area contributed by atoms with E-state index in [1.807, 2.05) is 0 Å². The molecule has 15 heavy (non-hydrogen) atoms. The minimum atomic E-state index is -0.958. The molecule has 2 rings (SSSR count). The Morgan fingerprint density at radius 1 is 1.33 bits per heavy atom. The summed E-state index contributed by atoms with van der Waals surface area (Å²) in [6, 6.07) is 6.05. The van der Waals surface area contributed by atoms with Gasteiger partial charge in [0.2, 0.25) is 0 Å². The second-order valence-corrected chi connectivity index (χ2v) is 4.11. The highest BCUT2D eigenvalue weighted by atomic mass is 19.1. The van der Waals surface area contributed by atoms with Gasteiger partial charge in [0.1, 0.15) is 11.4 Å². The van der Waals surface area contributed by atoms with E-state index in [9.17, 15) is 9.18 Å². The molecule has 0 unspecified atom stereocenters. The topological polar surface area (TPSA) is 43.1 Å². The summed E-state index contributed by atoms with van der Waals surface area (Å²) in [4.78, 5) is 11.8. The van der Waals surface area contributed by atoms with Gasteiger partial charge in [0, 0.05) is 6.42 Å². The molecule has 2 N–H and O–H groups in total. The zero-order valence-corrected chi connectivity index (χ0v) is 8.50. The number of benzene rings is 1. The van der Waals surface area contributed by atoms with Gasteiger partial charge in [-0.3, -0.25) is 4.79 Å². The molecule has 1 aliphatic rings. The predicted octanol–water partition coefficient (Wildman–Crippen LogP) is 2.12. The predicted molar refractivity (Wildman–Crippen MR) is 55.7 cm³/mol. The molecule has 0 aliphatic heterocycles. The Labute approximate surface area is 88.3 Å². The molecule has 1 aromatic rings. The van der Waals surface area contributed by atoms with E-state index in [1.54, 1.807) is 12.1 Å². The summed E-state index contributed by atoms with van der Waals surface area (Å²) in [5.41, 5.74) is 5.72. The van der Waals surface area contributed by atoms with Crippen LogP contribution in [0, 0.1) is 5.82 Å². The van der Waals surface area contributed by atoms with E-state index in [1.165, 1.54) is 12.1 Å². The highest BCUT2D eigenvalue weighted by Gasteiger charge is 2.37. The number of carbonyl (C=O) groups excluding carboxylic acids is 1. The number of ketones is 1. The third-order valence-electron chi connectivity index (χ3n) is 3.06. The smallest absolute Gasteiger partial charge is 0.157 e. The molecule has 1 atom stereocenters. The van der Waals surface area contributed by atoms with Crippen LogP contribution in [-0.2, 0) is 10.3 Å². The fourth-order valence-electron chi connectivity index (χ4n) is 2.12. The SMILES string of the molecule is N[C@@]1(c2cccc(F)c2)CCCCC1=O. The van der Waals surface area contributed by atoms with Crippen LogP contribution in [0.1, 0.15) is 31.2 Å². The Bertz CT molecular complexity index is 391. The van der Waals surface area contributed by atoms with Crippen molar-refractivity contribution in [3.8, 4) is 0 Å². The Hall–Kier alpha value is -1.22. The quantitative estimate of drug-likeness (QED) is 0.766. The lowest BCUT2D eigenvalue weighted by molar-refractivity contribution is -0.126. The molecule has 0 spiro atoms. The van der Waals surface area contributed by atoms with Crippen LogP contribution < -0.4 is 5.73 Å². The number of carbonyl (C=O) groups is 1. The van der Waals surface area contributed by atoms with Crippen LogP contribution in [0.25, 0.3) is 0 Å². The summed E-state index contributed by atoms with van der Waals surface area (Å²) in [7, 11) is 0. The number of halogens is 1. The minimum Gasteiger partial charge on any atom is -0.315 e. The first-order valence-electron chi connectivity index (χ1n) is 5.21. The van der Waals surface area contributed by atoms with Gasteiger partial charge in [-0.2, -0.15) is 0 Å². The monoisotopic (exact) mass is 207 g/mol. The third-order valence-corrected chi connectivity index (χ3v) is 3.06. The van der Waals surface area contributed by atoms with Crippen molar-refractivity contribution < 1.29 is 9.18 Å². The Kier molecular flexibility index (Phi) is 2.57. The molecule has 0 amide bonds. The maximum atomic E-state index is 13.1. The van der Waals surface area contributed by atoms with Crippen molar-refractivity contribution in [2.24, 2.45) is 5.73 Å². The zero-order valence-electron chi connectivity index (χ0n) is 8.50. The first kappa shape index (κ1) is 10.3. The van der Waals surface area contributed by atoms with Crippen LogP contribution in [0.15, 0.2) is 24.3 Å². The highest BCUT2D eigenvalue weighted by molar-refractivity contribution is 5.90. The fourth-order valence-corrected chi connectivity index (χ4v) is 2.12. The van der Waals surface area contributed by atoms with Crippen molar-refractivity contribution >= 4 is 5.78 Å². The molecule has 0 aromatic heterocycles. The van der Waals surface area contributed by atoms with Gasteiger partial charge in [0.05, 0.1) is 0 Å². The summed E-state index contributed by atoms with van der Waals surface area (Å²) in [6.07, 6.45) is 2.95. The van der Waals surface area contributed by atoms with E-state index in [0.717, 1.165) is 12.8 Å². The second kappa shape index (κ2) is 3.74. The second-order valence-electron chi connectivity index (χ2n) is 4.11. The molecular formula is C12H14FNO. The zero-order chi connectivity index (χ0) is 10.9. The molecule has 0 bridgehead atoms. The Morgan fingerprint density at radius 2 is 2.13 bits per heavy atom. The lowest BCUT2D eigenvalue weighted by Crippen LogP contribution is -2.46. The van der Waals surface area contributed by atoms with Crippen LogP contribution in [-0.4, -0.2) is 5.78 Å². The van der Waals surface area contributed by atoms with Gasteiger partial charge < -0.3 is 5.73 Å². The highest BCUT2D eigenvalue weighted by Crippen LogP contribution is 2.32. The Morgan fingerprint density at radius 3 is 2.80 bits per heavy atom. The maximum absolute atomic E-state index is 13.1. The van der Waals surface area contributed by atoms with E-state index in [2.05, 4.69) is 0 Å². The van der Waals surface area contributed by atoms with Crippen molar-refractivity contribution in [3.63, 3.8) is 0 Å². The number of hydrogen-bond acceptors (Lipinski definition) is 2. The standard InChI is InChI=1S/C12H14FNO/c13-10-5-3-4-9(8-10)12(14)7-2-1-6-11(12)15/h3-5,8H,1-2,6-7,14H2/t12-/m1/s1. The molecule has 1 fully saturated rings. The average Bonchev–Trinajstić information content (AvgIpc) is 2.23. The summed E-state index contributed by atoms with van der Waals surface area (Å²) in [6.45, 7) is 0. The summed E-state index contributed by atoms with van der Waals surface area (Å²) < 4.78 is 13.1. The summed E-state index contributed by atoms with van der Waals surface area (Å²) in [5.74, 6) is -0.310. The van der Waals surface area contributed by atoms with Gasteiger partial charge in [-0.05, 0) is 30.5 Å². The van der Waals surface area contributed by atoms with Crippen molar-refractivity contribution in [2.45, 2.75) is 31.2 Å². The first-order valence-corrected chi connectivity index (χ1v) is 5.21. The van der Waals surface area contributed by atoms with Crippen LogP contribution in [0.3, 0.4) is 0 Å². The third kappa shape index (κ3) is 1.79. The van der Waals surface area contributed by atoms with Crippen LogP contribution in [0.4, 0.5) is 4.39 Å². The minimum absolute atomic E-state index is 0.0272. The lowest BCUT2D eigenvalue weighted by atomic mass is 9.76. The van der Waals surface area contributed by atoms with Crippen LogP contribution >= 0.6 is 0 Å². The lowest BCUT2D eigenvalue weighted by Gasteiger charge is -2.32. The van der Waals surface area contributed by atoms with Crippen molar-refractivity contribution in [3.05, 3.63) is 35.6 Å². The Balaban J connectivity index is 2.39. The fraction of sp³-hybridized carbons (Fsp3) is 0.417. The van der Waals surface area contributed by atoms with Crippen molar-refractivity contribution in [1.82, 2.24) is 0 Å². The number of hydrogen-bond donors (Lipinski definition) is 1. The van der Waals surface area contributed by atoms with E-state index in [0.29, 0.717) is 18.4 Å². The van der Waals surface area contributed by atoms with Crippen LogP contribution in [0.5, 0.6) is 0 Å². The number of nitrogens with two attached hydrogens (primary N) is 1. The van der Waals surface area contributed by atoms with E-state index in [4.69, 9.17) is 5.73 Å². The molecule has 80 valence electrons. The van der Waals surface area contributed by atoms with Gasteiger partial charge in [0.25, 0.3) is 0 Å². The molecule has 0 radical (unpaired) electrons. The maximum Gasteiger partial charge on any atom is 0.157 e. The first-order chi connectivity index (χ1) is 7.13. The molecule has 1 aromatic carbocycles. The van der Waals surface area contributed by atoms with E-state index >= 15 is 0 Å². The normalized spacial score (nSPS) is 26.7. The van der Waals surface area contributed by atoms with Gasteiger partial charge in [-0.1, -0.05) is 18.6 Å². The molecule has 3 heteroatoms. The average molecular weight is 207 g/mol. The molecule has 2 nitrogen and oxygen atoms in total. The number of Topliss-reactive ketones (excluding diaryl/α,β-unsaturated/α-hetero) is 1. The van der Waals surface area contributed by atoms with E-state index in [-0.39, 0.29) is 11.6 Å². The number of rotatable bonds is 1. The van der Waals surface area contributed by atoms with Gasteiger partial charge in [-0.15, -0.1) is 0 Å². The van der Waals surface area contributed by atoms with Crippen LogP contribution in [0.2, 0.25) is 0 Å². The molecule has 1 saturated carbocycles. The summed E-state index contributed by atoms with van der Waals surface area (Å²) >= 11 is 0. The molecule has 0 heterocycles. The van der Waals surface area contributed by atoms with Gasteiger partial charge in [-0.25, -0.2) is 4.39 Å². The molecule has 1 aliphatic carbocycles.